The Morgan fingerprint density at radius 2 is 2.05 bits per heavy atom. The molecule has 0 bridgehead atoms. The molecule has 2 rings (SSSR count). The van der Waals surface area contributed by atoms with Gasteiger partial charge in [-0.05, 0) is 23.6 Å². The maximum Gasteiger partial charge on any atom is 0.331 e. The quantitative estimate of drug-likeness (QED) is 0.802. The number of carbonyl (C=O) groups excluding carboxylic acids is 1. The van der Waals surface area contributed by atoms with Gasteiger partial charge in [0.2, 0.25) is 5.91 Å². The number of hydrogen-bond acceptors (Lipinski definition) is 4. The van der Waals surface area contributed by atoms with Gasteiger partial charge in [0.1, 0.15) is 5.82 Å². The number of thiophene rings is 1. The molecule has 110 valence electrons. The first kappa shape index (κ1) is 15.5. The normalized spacial score (nSPS) is 11.9. The van der Waals surface area contributed by atoms with E-state index in [1.165, 1.54) is 17.4 Å². The second-order valence-corrected chi connectivity index (χ2v) is 6.07. The van der Waals surface area contributed by atoms with Crippen LogP contribution < -0.4 is 5.32 Å². The van der Waals surface area contributed by atoms with Crippen LogP contribution >= 0.6 is 23.1 Å². The van der Waals surface area contributed by atoms with Crippen molar-refractivity contribution in [2.75, 3.05) is 5.75 Å². The lowest BCUT2D eigenvalue weighted by molar-refractivity contribution is -0.141. The third-order valence-corrected chi connectivity index (χ3v) is 4.56. The van der Waals surface area contributed by atoms with Crippen LogP contribution in [-0.2, 0) is 9.59 Å². The van der Waals surface area contributed by atoms with Gasteiger partial charge >= 0.3 is 5.97 Å². The van der Waals surface area contributed by atoms with Crippen LogP contribution in [-0.4, -0.2) is 22.7 Å². The molecule has 1 aromatic heterocycles. The smallest absolute Gasteiger partial charge is 0.331 e. The summed E-state index contributed by atoms with van der Waals surface area (Å²) in [6.45, 7) is 0. The van der Waals surface area contributed by atoms with E-state index in [-0.39, 0.29) is 5.75 Å². The number of carbonyl (C=O) groups is 2. The fourth-order valence-corrected chi connectivity index (χ4v) is 3.14. The van der Waals surface area contributed by atoms with Crippen molar-refractivity contribution in [2.24, 2.45) is 0 Å². The van der Waals surface area contributed by atoms with E-state index >= 15 is 0 Å². The van der Waals surface area contributed by atoms with Gasteiger partial charge in [-0.15, -0.1) is 23.1 Å². The Morgan fingerprint density at radius 3 is 2.67 bits per heavy atom. The lowest BCUT2D eigenvalue weighted by Gasteiger charge is -2.12. The lowest BCUT2D eigenvalue weighted by Crippen LogP contribution is -2.34. The Bertz CT molecular complexity index is 631. The Hall–Kier alpha value is -1.86. The van der Waals surface area contributed by atoms with E-state index in [1.54, 1.807) is 35.7 Å². The molecule has 2 aromatic rings. The van der Waals surface area contributed by atoms with Gasteiger partial charge in [-0.25, -0.2) is 9.18 Å². The van der Waals surface area contributed by atoms with E-state index in [0.29, 0.717) is 9.77 Å². The van der Waals surface area contributed by atoms with Crippen molar-refractivity contribution in [1.29, 1.82) is 0 Å². The second-order valence-electron chi connectivity index (χ2n) is 4.07. The molecule has 0 spiro atoms. The molecule has 1 heterocycles. The maximum atomic E-state index is 13.4. The van der Waals surface area contributed by atoms with E-state index in [2.05, 4.69) is 5.32 Å². The van der Waals surface area contributed by atoms with Gasteiger partial charge < -0.3 is 10.4 Å². The standard InChI is InChI=1S/C14H12FNO3S2/c15-9-4-1-2-5-10(9)21-8-12(17)16-13(14(18)19)11-6-3-7-20-11/h1-7,13H,8H2,(H,16,17)(H,18,19). The molecular formula is C14H12FNO3S2. The van der Waals surface area contributed by atoms with Crippen LogP contribution in [0.15, 0.2) is 46.7 Å². The molecule has 0 aliphatic rings. The second kappa shape index (κ2) is 7.24. The number of carboxylic acid groups (broad SMARTS) is 1. The number of thioether (sulfide) groups is 1. The molecule has 1 atom stereocenters. The molecule has 0 saturated carbocycles. The van der Waals surface area contributed by atoms with Crippen molar-refractivity contribution in [1.82, 2.24) is 5.32 Å². The number of benzene rings is 1. The Labute approximate surface area is 129 Å². The third-order valence-electron chi connectivity index (χ3n) is 2.58. The molecule has 0 fully saturated rings. The number of aliphatic carboxylic acids is 1. The summed E-state index contributed by atoms with van der Waals surface area (Å²) in [6.07, 6.45) is 0. The minimum Gasteiger partial charge on any atom is -0.479 e. The largest absolute Gasteiger partial charge is 0.479 e. The number of rotatable bonds is 6. The van der Waals surface area contributed by atoms with Crippen LogP contribution in [0.2, 0.25) is 0 Å². The SMILES string of the molecule is O=C(CSc1ccccc1F)NC(C(=O)O)c1cccs1. The highest BCUT2D eigenvalue weighted by Gasteiger charge is 2.22. The summed E-state index contributed by atoms with van der Waals surface area (Å²) in [5.74, 6) is -2.02. The fraction of sp³-hybridized carbons (Fsp3) is 0.143. The summed E-state index contributed by atoms with van der Waals surface area (Å²) in [7, 11) is 0. The topological polar surface area (TPSA) is 66.4 Å². The molecule has 7 heteroatoms. The average molecular weight is 325 g/mol. The van der Waals surface area contributed by atoms with Crippen LogP contribution in [0, 0.1) is 5.82 Å². The van der Waals surface area contributed by atoms with Crippen molar-refractivity contribution in [3.8, 4) is 0 Å². The van der Waals surface area contributed by atoms with E-state index in [4.69, 9.17) is 5.11 Å². The first-order valence-corrected chi connectivity index (χ1v) is 7.87. The van der Waals surface area contributed by atoms with Crippen molar-refractivity contribution in [3.05, 3.63) is 52.5 Å². The molecular weight excluding hydrogens is 313 g/mol. The van der Waals surface area contributed by atoms with Crippen LogP contribution in [0.4, 0.5) is 4.39 Å². The molecule has 0 aliphatic carbocycles. The van der Waals surface area contributed by atoms with Crippen molar-refractivity contribution in [2.45, 2.75) is 10.9 Å². The van der Waals surface area contributed by atoms with Crippen molar-refractivity contribution >= 4 is 35.0 Å². The average Bonchev–Trinajstić information content (AvgIpc) is 2.97. The molecule has 21 heavy (non-hydrogen) atoms. The summed E-state index contributed by atoms with van der Waals surface area (Å²) in [5, 5.41) is 13.3. The van der Waals surface area contributed by atoms with E-state index in [0.717, 1.165) is 11.8 Å². The summed E-state index contributed by atoms with van der Waals surface area (Å²) in [5.41, 5.74) is 0. The minimum atomic E-state index is -1.12. The van der Waals surface area contributed by atoms with E-state index in [1.807, 2.05) is 0 Å². The van der Waals surface area contributed by atoms with Crippen molar-refractivity contribution < 1.29 is 19.1 Å². The zero-order valence-electron chi connectivity index (χ0n) is 10.8. The fourth-order valence-electron chi connectivity index (χ4n) is 1.62. The number of hydrogen-bond donors (Lipinski definition) is 2. The highest BCUT2D eigenvalue weighted by molar-refractivity contribution is 8.00. The molecule has 0 saturated heterocycles. The highest BCUT2D eigenvalue weighted by atomic mass is 32.2. The third kappa shape index (κ3) is 4.30. The predicted molar refractivity (Wildman–Crippen MR) is 80.0 cm³/mol. The first-order valence-electron chi connectivity index (χ1n) is 6.01. The molecule has 1 aromatic carbocycles. The first-order chi connectivity index (χ1) is 10.1. The number of carboxylic acids is 1. The van der Waals surface area contributed by atoms with Crippen LogP contribution in [0.5, 0.6) is 0 Å². The van der Waals surface area contributed by atoms with Gasteiger partial charge in [-0.3, -0.25) is 4.79 Å². The summed E-state index contributed by atoms with van der Waals surface area (Å²) in [6, 6.07) is 8.42. The van der Waals surface area contributed by atoms with E-state index in [9.17, 15) is 14.0 Å². The summed E-state index contributed by atoms with van der Waals surface area (Å²) in [4.78, 5) is 23.9. The highest BCUT2D eigenvalue weighted by Crippen LogP contribution is 2.22. The monoisotopic (exact) mass is 325 g/mol. The Balaban J connectivity index is 1.94. The molecule has 1 unspecified atom stereocenters. The van der Waals surface area contributed by atoms with Crippen LogP contribution in [0.3, 0.4) is 0 Å². The van der Waals surface area contributed by atoms with Gasteiger partial charge in [0.25, 0.3) is 0 Å². The lowest BCUT2D eigenvalue weighted by atomic mass is 10.2. The van der Waals surface area contributed by atoms with Crippen LogP contribution in [0.25, 0.3) is 0 Å². The Morgan fingerprint density at radius 1 is 1.29 bits per heavy atom. The molecule has 1 amide bonds. The van der Waals surface area contributed by atoms with Crippen LogP contribution in [0.1, 0.15) is 10.9 Å². The van der Waals surface area contributed by atoms with Gasteiger partial charge in [-0.2, -0.15) is 0 Å². The summed E-state index contributed by atoms with van der Waals surface area (Å²) < 4.78 is 13.4. The van der Waals surface area contributed by atoms with Gasteiger partial charge in [0.15, 0.2) is 6.04 Å². The van der Waals surface area contributed by atoms with Gasteiger partial charge in [-0.1, -0.05) is 18.2 Å². The minimum absolute atomic E-state index is 0.0455. The number of halogens is 1. The van der Waals surface area contributed by atoms with E-state index < -0.39 is 23.7 Å². The predicted octanol–water partition coefficient (Wildman–Crippen LogP) is 2.92. The maximum absolute atomic E-state index is 13.4. The molecule has 2 N–H and O–H groups in total. The summed E-state index contributed by atoms with van der Waals surface area (Å²) >= 11 is 2.29. The zero-order chi connectivity index (χ0) is 15.2. The molecule has 0 aliphatic heterocycles. The zero-order valence-corrected chi connectivity index (χ0v) is 12.4. The number of nitrogens with one attached hydrogen (secondary N) is 1. The molecule has 0 radical (unpaired) electrons. The van der Waals surface area contributed by atoms with Gasteiger partial charge in [0.05, 0.1) is 5.75 Å². The van der Waals surface area contributed by atoms with Gasteiger partial charge in [0, 0.05) is 9.77 Å². The van der Waals surface area contributed by atoms with Crippen molar-refractivity contribution in [3.63, 3.8) is 0 Å². The molecule has 4 nitrogen and oxygen atoms in total. The Kier molecular flexibility index (Phi) is 5.35. The number of amides is 1.